The molecule has 3 nitrogen and oxygen atoms in total. The normalized spacial score (nSPS) is 10.8. The first-order chi connectivity index (χ1) is 8.45. The quantitative estimate of drug-likeness (QED) is 0.872. The van der Waals surface area contributed by atoms with Gasteiger partial charge in [-0.2, -0.15) is 0 Å². The predicted molar refractivity (Wildman–Crippen MR) is 64.0 cm³/mol. The van der Waals surface area contributed by atoms with Gasteiger partial charge in [0.1, 0.15) is 11.6 Å². The zero-order valence-electron chi connectivity index (χ0n) is 10.5. The van der Waals surface area contributed by atoms with Crippen LogP contribution in [0.25, 0.3) is 0 Å². The summed E-state index contributed by atoms with van der Waals surface area (Å²) in [6.07, 6.45) is -0.135. The van der Waals surface area contributed by atoms with Crippen LogP contribution in [0.5, 0.6) is 0 Å². The lowest BCUT2D eigenvalue weighted by Crippen LogP contribution is -2.40. The lowest BCUT2D eigenvalue weighted by Gasteiger charge is -2.26. The molecule has 1 aromatic carbocycles. The third kappa shape index (κ3) is 3.77. The van der Waals surface area contributed by atoms with E-state index in [2.05, 4.69) is 0 Å². The SMILES string of the molecule is CC(C)N(CCO)C(=O)Cc1ccc(F)cc1F. The molecule has 18 heavy (non-hydrogen) atoms. The molecule has 0 saturated carbocycles. The Morgan fingerprint density at radius 3 is 2.56 bits per heavy atom. The fourth-order valence-corrected chi connectivity index (χ4v) is 1.71. The average Bonchev–Trinajstić information content (AvgIpc) is 2.29. The Balaban J connectivity index is 2.79. The van der Waals surface area contributed by atoms with Gasteiger partial charge in [0.2, 0.25) is 5.91 Å². The van der Waals surface area contributed by atoms with Crippen molar-refractivity contribution in [2.24, 2.45) is 0 Å². The van der Waals surface area contributed by atoms with Crippen LogP contribution < -0.4 is 0 Å². The van der Waals surface area contributed by atoms with E-state index in [1.54, 1.807) is 0 Å². The second kappa shape index (κ2) is 6.44. The number of aliphatic hydroxyl groups is 1. The van der Waals surface area contributed by atoms with Crippen LogP contribution >= 0.6 is 0 Å². The fraction of sp³-hybridized carbons (Fsp3) is 0.462. The third-order valence-corrected chi connectivity index (χ3v) is 2.64. The maximum Gasteiger partial charge on any atom is 0.227 e. The Morgan fingerprint density at radius 1 is 1.39 bits per heavy atom. The zero-order chi connectivity index (χ0) is 13.7. The van der Waals surface area contributed by atoms with Gasteiger partial charge >= 0.3 is 0 Å². The van der Waals surface area contributed by atoms with Crippen LogP contribution in [-0.2, 0) is 11.2 Å². The van der Waals surface area contributed by atoms with E-state index in [-0.39, 0.29) is 37.1 Å². The monoisotopic (exact) mass is 257 g/mol. The van der Waals surface area contributed by atoms with Crippen LogP contribution in [0.15, 0.2) is 18.2 Å². The summed E-state index contributed by atoms with van der Waals surface area (Å²) in [5.74, 6) is -1.68. The smallest absolute Gasteiger partial charge is 0.227 e. The highest BCUT2D eigenvalue weighted by molar-refractivity contribution is 5.79. The Morgan fingerprint density at radius 2 is 2.06 bits per heavy atom. The van der Waals surface area contributed by atoms with Gasteiger partial charge in [0.25, 0.3) is 0 Å². The molecule has 0 atom stereocenters. The molecule has 0 saturated heterocycles. The van der Waals surface area contributed by atoms with E-state index in [0.717, 1.165) is 12.1 Å². The molecule has 0 aromatic heterocycles. The molecule has 1 amide bonds. The molecular formula is C13H17F2NO2. The number of rotatable bonds is 5. The second-order valence-corrected chi connectivity index (χ2v) is 4.32. The minimum absolute atomic E-state index is 0.0758. The van der Waals surface area contributed by atoms with Crippen molar-refractivity contribution in [2.45, 2.75) is 26.3 Å². The van der Waals surface area contributed by atoms with Crippen molar-refractivity contribution < 1.29 is 18.7 Å². The van der Waals surface area contributed by atoms with Crippen LogP contribution in [0, 0.1) is 11.6 Å². The van der Waals surface area contributed by atoms with Crippen molar-refractivity contribution in [3.05, 3.63) is 35.4 Å². The van der Waals surface area contributed by atoms with E-state index in [4.69, 9.17) is 5.11 Å². The molecule has 0 heterocycles. The first-order valence-corrected chi connectivity index (χ1v) is 5.80. The summed E-state index contributed by atoms with van der Waals surface area (Å²) in [5.41, 5.74) is 0.157. The van der Waals surface area contributed by atoms with Crippen molar-refractivity contribution in [3.8, 4) is 0 Å². The first kappa shape index (κ1) is 14.6. The molecule has 100 valence electrons. The second-order valence-electron chi connectivity index (χ2n) is 4.32. The molecule has 0 bridgehead atoms. The predicted octanol–water partition coefficient (Wildman–Crippen LogP) is 1.74. The number of carbonyl (C=O) groups is 1. The molecule has 1 aromatic rings. The number of benzene rings is 1. The van der Waals surface area contributed by atoms with Crippen molar-refractivity contribution >= 4 is 5.91 Å². The number of hydrogen-bond donors (Lipinski definition) is 1. The molecule has 0 radical (unpaired) electrons. The maximum atomic E-state index is 13.4. The molecular weight excluding hydrogens is 240 g/mol. The molecule has 1 rings (SSSR count). The summed E-state index contributed by atoms with van der Waals surface area (Å²) >= 11 is 0. The number of halogens is 2. The summed E-state index contributed by atoms with van der Waals surface area (Å²) in [5, 5.41) is 8.87. The van der Waals surface area contributed by atoms with E-state index < -0.39 is 11.6 Å². The van der Waals surface area contributed by atoms with Gasteiger partial charge in [-0.25, -0.2) is 8.78 Å². The Hall–Kier alpha value is -1.49. The van der Waals surface area contributed by atoms with Gasteiger partial charge in [0, 0.05) is 18.7 Å². The van der Waals surface area contributed by atoms with Crippen molar-refractivity contribution in [3.63, 3.8) is 0 Å². The Labute approximate surface area is 105 Å². The molecule has 0 aliphatic rings. The molecule has 0 unspecified atom stereocenters. The molecule has 0 aliphatic carbocycles. The minimum atomic E-state index is -0.726. The number of aliphatic hydroxyl groups excluding tert-OH is 1. The van der Waals surface area contributed by atoms with E-state index in [1.165, 1.54) is 11.0 Å². The van der Waals surface area contributed by atoms with E-state index in [1.807, 2.05) is 13.8 Å². The lowest BCUT2D eigenvalue weighted by molar-refractivity contribution is -0.132. The van der Waals surface area contributed by atoms with E-state index in [0.29, 0.717) is 0 Å². The Bertz CT molecular complexity index is 421. The van der Waals surface area contributed by atoms with Crippen LogP contribution in [0.4, 0.5) is 8.78 Å². The van der Waals surface area contributed by atoms with Gasteiger partial charge in [-0.3, -0.25) is 4.79 Å². The Kier molecular flexibility index (Phi) is 5.22. The summed E-state index contributed by atoms with van der Waals surface area (Å²) < 4.78 is 26.1. The van der Waals surface area contributed by atoms with E-state index in [9.17, 15) is 13.6 Å². The number of hydrogen-bond acceptors (Lipinski definition) is 2. The van der Waals surface area contributed by atoms with Crippen LogP contribution in [0.1, 0.15) is 19.4 Å². The zero-order valence-corrected chi connectivity index (χ0v) is 10.5. The van der Waals surface area contributed by atoms with Crippen molar-refractivity contribution in [2.75, 3.05) is 13.2 Å². The summed E-state index contributed by atoms with van der Waals surface area (Å²) in [6, 6.07) is 3.07. The largest absolute Gasteiger partial charge is 0.395 e. The molecule has 0 aliphatic heterocycles. The van der Waals surface area contributed by atoms with Gasteiger partial charge < -0.3 is 10.0 Å². The summed E-state index contributed by atoms with van der Waals surface area (Å²) in [7, 11) is 0. The van der Waals surface area contributed by atoms with E-state index >= 15 is 0 Å². The number of nitrogens with zero attached hydrogens (tertiary/aromatic N) is 1. The van der Waals surface area contributed by atoms with Crippen LogP contribution in [-0.4, -0.2) is 35.1 Å². The van der Waals surface area contributed by atoms with Gasteiger partial charge in [0.15, 0.2) is 0 Å². The lowest BCUT2D eigenvalue weighted by atomic mass is 10.1. The fourth-order valence-electron chi connectivity index (χ4n) is 1.71. The van der Waals surface area contributed by atoms with Crippen molar-refractivity contribution in [1.82, 2.24) is 4.90 Å². The maximum absolute atomic E-state index is 13.4. The standard InChI is InChI=1S/C13H17F2NO2/c1-9(2)16(5-6-17)13(18)7-10-3-4-11(14)8-12(10)15/h3-4,8-9,17H,5-7H2,1-2H3. The highest BCUT2D eigenvalue weighted by Gasteiger charge is 2.18. The molecule has 0 spiro atoms. The third-order valence-electron chi connectivity index (χ3n) is 2.64. The van der Waals surface area contributed by atoms with Gasteiger partial charge in [-0.05, 0) is 25.5 Å². The van der Waals surface area contributed by atoms with Gasteiger partial charge in [-0.1, -0.05) is 6.07 Å². The topological polar surface area (TPSA) is 40.5 Å². The van der Waals surface area contributed by atoms with Crippen LogP contribution in [0.3, 0.4) is 0 Å². The average molecular weight is 257 g/mol. The van der Waals surface area contributed by atoms with Crippen molar-refractivity contribution in [1.29, 1.82) is 0 Å². The van der Waals surface area contributed by atoms with Gasteiger partial charge in [-0.15, -0.1) is 0 Å². The van der Waals surface area contributed by atoms with Crippen LogP contribution in [0.2, 0.25) is 0 Å². The summed E-state index contributed by atoms with van der Waals surface area (Å²) in [6.45, 7) is 3.69. The molecule has 1 N–H and O–H groups in total. The highest BCUT2D eigenvalue weighted by atomic mass is 19.1. The number of amides is 1. The number of carbonyl (C=O) groups excluding carboxylic acids is 1. The highest BCUT2D eigenvalue weighted by Crippen LogP contribution is 2.12. The molecule has 5 heteroatoms. The summed E-state index contributed by atoms with van der Waals surface area (Å²) in [4.78, 5) is 13.4. The minimum Gasteiger partial charge on any atom is -0.395 e. The first-order valence-electron chi connectivity index (χ1n) is 5.80. The molecule has 0 fully saturated rings. The van der Waals surface area contributed by atoms with Gasteiger partial charge in [0.05, 0.1) is 13.0 Å².